The average molecular weight is 562 g/mol. The van der Waals surface area contributed by atoms with Crippen LogP contribution in [-0.4, -0.2) is 29.2 Å². The summed E-state index contributed by atoms with van der Waals surface area (Å²) in [6.07, 6.45) is 2.44. The van der Waals surface area contributed by atoms with Gasteiger partial charge in [-0.2, -0.15) is 13.2 Å². The van der Waals surface area contributed by atoms with Crippen LogP contribution in [-0.2, 0) is 13.2 Å². The highest BCUT2D eigenvalue weighted by Gasteiger charge is 2.30. The van der Waals surface area contributed by atoms with Crippen molar-refractivity contribution in [1.29, 1.82) is 0 Å². The van der Waals surface area contributed by atoms with Crippen molar-refractivity contribution >= 4 is 11.0 Å². The number of alkyl halides is 3. The van der Waals surface area contributed by atoms with Crippen molar-refractivity contribution in [1.82, 2.24) is 14.9 Å². The van der Waals surface area contributed by atoms with Crippen LogP contribution in [0.1, 0.15) is 72.9 Å². The van der Waals surface area contributed by atoms with E-state index in [1.807, 2.05) is 0 Å². The van der Waals surface area contributed by atoms with Gasteiger partial charge >= 0.3 is 6.18 Å². The second kappa shape index (κ2) is 11.5. The quantitative estimate of drug-likeness (QED) is 0.257. The van der Waals surface area contributed by atoms with Gasteiger partial charge < -0.3 is 14.6 Å². The Morgan fingerprint density at radius 2 is 1.68 bits per heavy atom. The molecule has 0 spiro atoms. The Hall–Kier alpha value is -3.32. The molecule has 1 saturated carbocycles. The SMILES string of the molecule is Cc1nc2cc(-c3ccc(C4CCCC(COc5ccc(C(F)(F)F)cc5)C4)cc3)cc(C3CCCNC3)c2n1C. The van der Waals surface area contributed by atoms with Crippen LogP contribution in [0.25, 0.3) is 22.2 Å². The molecular weight excluding hydrogens is 523 g/mol. The zero-order valence-electron chi connectivity index (χ0n) is 23.8. The molecule has 2 fully saturated rings. The van der Waals surface area contributed by atoms with Gasteiger partial charge in [-0.25, -0.2) is 4.98 Å². The minimum atomic E-state index is -4.33. The number of imidazole rings is 1. The molecule has 2 aliphatic rings. The monoisotopic (exact) mass is 561 g/mol. The van der Waals surface area contributed by atoms with E-state index in [9.17, 15) is 13.2 Å². The molecule has 216 valence electrons. The summed E-state index contributed by atoms with van der Waals surface area (Å²) in [4.78, 5) is 4.89. The van der Waals surface area contributed by atoms with Gasteiger partial charge in [0.05, 0.1) is 23.2 Å². The first-order chi connectivity index (χ1) is 19.8. The van der Waals surface area contributed by atoms with Crippen LogP contribution in [0.4, 0.5) is 13.2 Å². The summed E-state index contributed by atoms with van der Waals surface area (Å²) >= 11 is 0. The molecule has 1 aliphatic heterocycles. The molecule has 0 amide bonds. The second-order valence-corrected chi connectivity index (χ2v) is 11.9. The maximum atomic E-state index is 12.8. The standard InChI is InChI=1S/C34H38F3N3O/c1-22-39-32-19-28(18-31(33(32)40(22)2)27-7-4-16-38-20-27)25-10-8-24(9-11-25)26-6-3-5-23(17-26)21-41-30-14-12-29(13-15-30)34(35,36)37/h8-15,18-19,23,26-27,38H,3-7,16-17,20-21H2,1-2H3. The molecule has 4 aromatic rings. The number of aromatic nitrogens is 2. The molecule has 4 nitrogen and oxygen atoms in total. The van der Waals surface area contributed by atoms with E-state index in [1.165, 1.54) is 52.7 Å². The Balaban J connectivity index is 1.15. The predicted octanol–water partition coefficient (Wildman–Crippen LogP) is 8.39. The van der Waals surface area contributed by atoms with Gasteiger partial charge in [-0.05, 0) is 122 Å². The van der Waals surface area contributed by atoms with Crippen molar-refractivity contribution in [3.8, 4) is 16.9 Å². The number of nitrogens with one attached hydrogen (secondary N) is 1. The van der Waals surface area contributed by atoms with Crippen molar-refractivity contribution in [2.75, 3.05) is 19.7 Å². The van der Waals surface area contributed by atoms with Gasteiger partial charge in [0.15, 0.2) is 0 Å². The highest BCUT2D eigenvalue weighted by molar-refractivity contribution is 5.86. The van der Waals surface area contributed by atoms with E-state index in [2.05, 4.69) is 60.3 Å². The fourth-order valence-corrected chi connectivity index (χ4v) is 6.75. The second-order valence-electron chi connectivity index (χ2n) is 11.9. The third-order valence-corrected chi connectivity index (χ3v) is 9.12. The summed E-state index contributed by atoms with van der Waals surface area (Å²) in [5, 5.41) is 3.58. The first-order valence-electron chi connectivity index (χ1n) is 14.8. The summed E-state index contributed by atoms with van der Waals surface area (Å²) in [5.41, 5.74) is 6.83. The Morgan fingerprint density at radius 1 is 0.927 bits per heavy atom. The maximum Gasteiger partial charge on any atom is 0.416 e. The number of hydrogen-bond donors (Lipinski definition) is 1. The molecule has 3 unspecified atom stereocenters. The third-order valence-electron chi connectivity index (χ3n) is 9.12. The maximum absolute atomic E-state index is 12.8. The van der Waals surface area contributed by atoms with Crippen LogP contribution >= 0.6 is 0 Å². The lowest BCUT2D eigenvalue weighted by Crippen LogP contribution is -2.28. The van der Waals surface area contributed by atoms with E-state index in [-0.39, 0.29) is 0 Å². The van der Waals surface area contributed by atoms with Gasteiger partial charge in [-0.15, -0.1) is 0 Å². The lowest BCUT2D eigenvalue weighted by molar-refractivity contribution is -0.137. The van der Waals surface area contributed by atoms with Crippen LogP contribution < -0.4 is 10.1 Å². The van der Waals surface area contributed by atoms with Crippen LogP contribution in [0, 0.1) is 12.8 Å². The Kier molecular flexibility index (Phi) is 7.82. The van der Waals surface area contributed by atoms with Crippen LogP contribution in [0.2, 0.25) is 0 Å². The molecule has 1 N–H and O–H groups in total. The number of hydrogen-bond acceptors (Lipinski definition) is 3. The van der Waals surface area contributed by atoms with E-state index in [1.54, 1.807) is 0 Å². The van der Waals surface area contributed by atoms with Gasteiger partial charge in [0, 0.05) is 13.6 Å². The van der Waals surface area contributed by atoms with Gasteiger partial charge in [0.25, 0.3) is 0 Å². The van der Waals surface area contributed by atoms with E-state index < -0.39 is 11.7 Å². The predicted molar refractivity (Wildman–Crippen MR) is 157 cm³/mol. The Labute approximate surface area is 239 Å². The van der Waals surface area contributed by atoms with Crippen molar-refractivity contribution in [2.45, 2.75) is 63.5 Å². The molecule has 1 aromatic heterocycles. The van der Waals surface area contributed by atoms with Gasteiger partial charge in [0.1, 0.15) is 11.6 Å². The van der Waals surface area contributed by atoms with Gasteiger partial charge in [-0.1, -0.05) is 30.7 Å². The normalized spacial score (nSPS) is 21.7. The van der Waals surface area contributed by atoms with Gasteiger partial charge in [0.2, 0.25) is 0 Å². The molecule has 0 bridgehead atoms. The molecule has 3 aromatic carbocycles. The Morgan fingerprint density at radius 3 is 2.39 bits per heavy atom. The highest BCUT2D eigenvalue weighted by atomic mass is 19.4. The third kappa shape index (κ3) is 6.01. The minimum absolute atomic E-state index is 0.386. The lowest BCUT2D eigenvalue weighted by Gasteiger charge is -2.29. The molecule has 41 heavy (non-hydrogen) atoms. The summed E-state index contributed by atoms with van der Waals surface area (Å²) in [6.45, 7) is 4.70. The molecule has 7 heteroatoms. The number of nitrogens with zero attached hydrogens (tertiary/aromatic N) is 2. The number of ether oxygens (including phenoxy) is 1. The number of benzene rings is 3. The first-order valence-corrected chi connectivity index (χ1v) is 14.8. The zero-order chi connectivity index (χ0) is 28.6. The fourth-order valence-electron chi connectivity index (χ4n) is 6.75. The molecule has 2 heterocycles. The number of aryl methyl sites for hydroxylation is 2. The smallest absolute Gasteiger partial charge is 0.416 e. The molecule has 6 rings (SSSR count). The van der Waals surface area contributed by atoms with Crippen LogP contribution in [0.15, 0.2) is 60.7 Å². The van der Waals surface area contributed by atoms with E-state index in [0.29, 0.717) is 30.1 Å². The molecule has 1 saturated heterocycles. The summed E-state index contributed by atoms with van der Waals surface area (Å²) in [6, 6.07) is 18.7. The molecule has 3 atom stereocenters. The topological polar surface area (TPSA) is 39.1 Å². The molecule has 0 radical (unpaired) electrons. The van der Waals surface area contributed by atoms with Crippen LogP contribution in [0.5, 0.6) is 5.75 Å². The van der Waals surface area contributed by atoms with Crippen molar-refractivity contribution in [3.05, 3.63) is 83.2 Å². The number of piperidine rings is 1. The van der Waals surface area contributed by atoms with Gasteiger partial charge in [-0.3, -0.25) is 0 Å². The highest BCUT2D eigenvalue weighted by Crippen LogP contribution is 2.39. The number of rotatable bonds is 6. The lowest BCUT2D eigenvalue weighted by atomic mass is 9.78. The Bertz CT molecular complexity index is 1490. The summed E-state index contributed by atoms with van der Waals surface area (Å²) in [5.74, 6) is 2.87. The van der Waals surface area contributed by atoms with Crippen LogP contribution in [0.3, 0.4) is 0 Å². The van der Waals surface area contributed by atoms with E-state index in [0.717, 1.165) is 62.2 Å². The fraction of sp³-hybridized carbons (Fsp3) is 0.441. The van der Waals surface area contributed by atoms with Crippen molar-refractivity contribution in [2.24, 2.45) is 13.0 Å². The zero-order valence-corrected chi connectivity index (χ0v) is 23.8. The summed E-state index contributed by atoms with van der Waals surface area (Å²) in [7, 11) is 2.12. The number of halogens is 3. The average Bonchev–Trinajstić information content (AvgIpc) is 3.28. The molecular formula is C34H38F3N3O. The largest absolute Gasteiger partial charge is 0.493 e. The van der Waals surface area contributed by atoms with Crippen molar-refractivity contribution < 1.29 is 17.9 Å². The molecule has 1 aliphatic carbocycles. The van der Waals surface area contributed by atoms with E-state index in [4.69, 9.17) is 9.72 Å². The van der Waals surface area contributed by atoms with E-state index >= 15 is 0 Å². The summed E-state index contributed by atoms with van der Waals surface area (Å²) < 4.78 is 46.7. The van der Waals surface area contributed by atoms with Crippen molar-refractivity contribution in [3.63, 3.8) is 0 Å². The minimum Gasteiger partial charge on any atom is -0.493 e. The number of fused-ring (bicyclic) bond motifs is 1. The first kappa shape index (κ1) is 27.8.